The van der Waals surface area contributed by atoms with E-state index >= 15 is 0 Å². The molecule has 2 amide bonds. The van der Waals surface area contributed by atoms with Gasteiger partial charge in [0, 0.05) is 11.1 Å². The van der Waals surface area contributed by atoms with Crippen LogP contribution in [0.25, 0.3) is 0 Å². The van der Waals surface area contributed by atoms with Gasteiger partial charge in [0.1, 0.15) is 22.8 Å². The van der Waals surface area contributed by atoms with Crippen molar-refractivity contribution in [1.82, 2.24) is 15.2 Å². The number of carboxylic acids is 1. The van der Waals surface area contributed by atoms with Gasteiger partial charge in [0.25, 0.3) is 11.8 Å². The first kappa shape index (κ1) is 17.2. The minimum Gasteiger partial charge on any atom is -0.477 e. The van der Waals surface area contributed by atoms with Crippen LogP contribution in [-0.4, -0.2) is 60.9 Å². The number of carboxylic acid groups (broad SMARTS) is 1. The van der Waals surface area contributed by atoms with E-state index in [1.807, 2.05) is 0 Å². The van der Waals surface area contributed by atoms with Crippen molar-refractivity contribution in [2.75, 3.05) is 11.5 Å². The number of anilines is 1. The minimum absolute atomic E-state index is 0.0532. The average Bonchev–Trinajstić information content (AvgIpc) is 2.98. The quantitative estimate of drug-likeness (QED) is 0.238. The van der Waals surface area contributed by atoms with E-state index in [-0.39, 0.29) is 22.2 Å². The number of nitrogens with zero attached hydrogens (tertiary/aromatic N) is 3. The molecule has 0 aliphatic carbocycles. The molecule has 1 fully saturated rings. The lowest BCUT2D eigenvalue weighted by Gasteiger charge is -2.49. The Hall–Kier alpha value is -2.60. The van der Waals surface area contributed by atoms with Crippen molar-refractivity contribution in [1.29, 1.82) is 0 Å². The molecule has 1 aromatic rings. The Bertz CT molecular complexity index is 833. The number of rotatable bonds is 4. The summed E-state index contributed by atoms with van der Waals surface area (Å²) in [5, 5.41) is 24.9. The highest BCUT2D eigenvalue weighted by atomic mass is 32.2. The summed E-state index contributed by atoms with van der Waals surface area (Å²) in [5.41, 5.74) is 5.74. The molecule has 132 valence electrons. The standard InChI is InChI=1S/C13H13N5O5S2/c1-4-2-24-11-7(10(20)18(11)8(4)12(21)22)16-9(19)6(17-23)5-3-25-13(14)15-5/h3,7,11,23H,2H2,1H3,(H2,14,15)(H,16,19)(H,21,22)/t7?,11-/m1/s1. The summed E-state index contributed by atoms with van der Waals surface area (Å²) in [6, 6.07) is -0.910. The van der Waals surface area contributed by atoms with Gasteiger partial charge in [0.05, 0.1) is 0 Å². The number of fused-ring (bicyclic) bond motifs is 1. The smallest absolute Gasteiger partial charge is 0.352 e. The molecule has 2 aliphatic rings. The molecule has 1 aromatic heterocycles. The van der Waals surface area contributed by atoms with Crippen molar-refractivity contribution < 1.29 is 24.7 Å². The lowest BCUT2D eigenvalue weighted by Crippen LogP contribution is -2.71. The molecule has 1 unspecified atom stereocenters. The molecule has 3 heterocycles. The molecule has 1 saturated heterocycles. The maximum atomic E-state index is 12.3. The first-order valence-corrected chi connectivity index (χ1v) is 8.90. The van der Waals surface area contributed by atoms with Gasteiger partial charge in [-0.2, -0.15) is 0 Å². The number of hydrogen-bond donors (Lipinski definition) is 4. The van der Waals surface area contributed by atoms with E-state index in [1.54, 1.807) is 6.92 Å². The predicted octanol–water partition coefficient (Wildman–Crippen LogP) is -0.338. The van der Waals surface area contributed by atoms with Crippen LogP contribution in [0, 0.1) is 0 Å². The molecule has 10 nitrogen and oxygen atoms in total. The summed E-state index contributed by atoms with van der Waals surface area (Å²) in [7, 11) is 0. The number of nitrogens with two attached hydrogens (primary N) is 1. The first-order valence-electron chi connectivity index (χ1n) is 6.97. The van der Waals surface area contributed by atoms with Crippen molar-refractivity contribution in [3.05, 3.63) is 22.3 Å². The van der Waals surface area contributed by atoms with E-state index in [1.165, 1.54) is 17.1 Å². The fourth-order valence-electron chi connectivity index (χ4n) is 2.59. The Kier molecular flexibility index (Phi) is 4.39. The molecule has 0 spiro atoms. The van der Waals surface area contributed by atoms with Gasteiger partial charge < -0.3 is 21.4 Å². The van der Waals surface area contributed by atoms with Gasteiger partial charge in [-0.1, -0.05) is 5.16 Å². The number of oxime groups is 1. The summed E-state index contributed by atoms with van der Waals surface area (Å²) in [6.07, 6.45) is 0. The number of thiazole rings is 1. The topological polar surface area (TPSA) is 158 Å². The Labute approximate surface area is 149 Å². The van der Waals surface area contributed by atoms with E-state index in [2.05, 4.69) is 15.5 Å². The maximum absolute atomic E-state index is 12.3. The summed E-state index contributed by atoms with van der Waals surface area (Å²) < 4.78 is 0. The Balaban J connectivity index is 1.76. The van der Waals surface area contributed by atoms with E-state index in [9.17, 15) is 19.5 Å². The van der Waals surface area contributed by atoms with E-state index < -0.39 is 29.2 Å². The first-order chi connectivity index (χ1) is 11.8. The third kappa shape index (κ3) is 2.82. The van der Waals surface area contributed by atoms with Gasteiger partial charge in [-0.15, -0.1) is 23.1 Å². The highest BCUT2D eigenvalue weighted by Gasteiger charge is 2.54. The summed E-state index contributed by atoms with van der Waals surface area (Å²) in [5.74, 6) is -2.07. The molecule has 5 N–H and O–H groups in total. The van der Waals surface area contributed by atoms with E-state index in [4.69, 9.17) is 10.9 Å². The molecule has 2 atom stereocenters. The lowest BCUT2D eigenvalue weighted by atomic mass is 10.0. The van der Waals surface area contributed by atoms with Crippen LogP contribution in [0.4, 0.5) is 5.13 Å². The number of carbonyl (C=O) groups is 3. The molecule has 0 radical (unpaired) electrons. The number of aliphatic carboxylic acids is 1. The van der Waals surface area contributed by atoms with Crippen LogP contribution >= 0.6 is 23.1 Å². The largest absolute Gasteiger partial charge is 0.477 e. The number of β-lactam (4-membered cyclic amide) rings is 1. The highest BCUT2D eigenvalue weighted by molar-refractivity contribution is 8.00. The Morgan fingerprint density at radius 1 is 1.52 bits per heavy atom. The molecule has 0 aromatic carbocycles. The van der Waals surface area contributed by atoms with Crippen molar-refractivity contribution in [2.45, 2.75) is 18.3 Å². The monoisotopic (exact) mass is 383 g/mol. The van der Waals surface area contributed by atoms with Gasteiger partial charge in [0.15, 0.2) is 10.8 Å². The van der Waals surface area contributed by atoms with Gasteiger partial charge in [-0.25, -0.2) is 9.78 Å². The molecule has 12 heteroatoms. The van der Waals surface area contributed by atoms with Crippen molar-refractivity contribution >= 4 is 51.7 Å². The molecule has 0 saturated carbocycles. The molecule has 3 rings (SSSR count). The lowest BCUT2D eigenvalue weighted by molar-refractivity contribution is -0.150. The highest BCUT2D eigenvalue weighted by Crippen LogP contribution is 2.40. The van der Waals surface area contributed by atoms with Crippen LogP contribution in [0.1, 0.15) is 12.6 Å². The maximum Gasteiger partial charge on any atom is 0.352 e. The van der Waals surface area contributed by atoms with Crippen LogP contribution in [0.2, 0.25) is 0 Å². The number of aromatic nitrogens is 1. The van der Waals surface area contributed by atoms with Crippen molar-refractivity contribution in [2.24, 2.45) is 5.16 Å². The van der Waals surface area contributed by atoms with Gasteiger partial charge >= 0.3 is 5.97 Å². The zero-order chi connectivity index (χ0) is 18.3. The number of carbonyl (C=O) groups excluding carboxylic acids is 2. The zero-order valence-corrected chi connectivity index (χ0v) is 14.4. The molecule has 2 aliphatic heterocycles. The summed E-state index contributed by atoms with van der Waals surface area (Å²) in [4.78, 5) is 41.0. The summed E-state index contributed by atoms with van der Waals surface area (Å²) in [6.45, 7) is 1.65. The second kappa shape index (κ2) is 6.37. The second-order valence-corrected chi connectivity index (χ2v) is 7.31. The van der Waals surface area contributed by atoms with Crippen LogP contribution in [0.15, 0.2) is 21.8 Å². The third-order valence-corrected chi connectivity index (χ3v) is 5.83. The molecule has 0 bridgehead atoms. The van der Waals surface area contributed by atoms with Gasteiger partial charge in [0.2, 0.25) is 0 Å². The number of nitrogen functional groups attached to an aromatic ring is 1. The average molecular weight is 383 g/mol. The fourth-order valence-corrected chi connectivity index (χ4v) is 4.43. The Morgan fingerprint density at radius 2 is 2.24 bits per heavy atom. The summed E-state index contributed by atoms with van der Waals surface area (Å²) >= 11 is 2.42. The van der Waals surface area contributed by atoms with E-state index in [0.29, 0.717) is 11.3 Å². The van der Waals surface area contributed by atoms with E-state index in [0.717, 1.165) is 16.2 Å². The van der Waals surface area contributed by atoms with Crippen molar-refractivity contribution in [3.63, 3.8) is 0 Å². The number of nitrogens with one attached hydrogen (secondary N) is 1. The number of hydrogen-bond acceptors (Lipinski definition) is 9. The van der Waals surface area contributed by atoms with Gasteiger partial charge in [-0.3, -0.25) is 14.5 Å². The predicted molar refractivity (Wildman–Crippen MR) is 90.2 cm³/mol. The fraction of sp³-hybridized carbons (Fsp3) is 0.308. The van der Waals surface area contributed by atoms with Crippen LogP contribution < -0.4 is 11.1 Å². The molecular formula is C13H13N5O5S2. The number of thioether (sulfide) groups is 1. The third-order valence-electron chi connectivity index (χ3n) is 3.73. The Morgan fingerprint density at radius 3 is 2.80 bits per heavy atom. The molecular weight excluding hydrogens is 370 g/mol. The molecule has 25 heavy (non-hydrogen) atoms. The zero-order valence-electron chi connectivity index (χ0n) is 12.8. The second-order valence-electron chi connectivity index (χ2n) is 5.31. The SMILES string of the molecule is CC1=C(C(=O)O)N2C(=O)C(NC(=O)C(=NO)c3csc(N)n3)[C@H]2SC1. The number of amides is 2. The van der Waals surface area contributed by atoms with Crippen molar-refractivity contribution in [3.8, 4) is 0 Å². The van der Waals surface area contributed by atoms with Crippen LogP contribution in [0.5, 0.6) is 0 Å². The van der Waals surface area contributed by atoms with Crippen LogP contribution in [0.3, 0.4) is 0 Å². The normalized spacial score (nSPS) is 23.2. The van der Waals surface area contributed by atoms with Crippen LogP contribution in [-0.2, 0) is 14.4 Å². The van der Waals surface area contributed by atoms with Gasteiger partial charge in [-0.05, 0) is 12.5 Å². The minimum atomic E-state index is -1.18.